The van der Waals surface area contributed by atoms with Crippen molar-refractivity contribution in [2.75, 3.05) is 25.1 Å². The van der Waals surface area contributed by atoms with Gasteiger partial charge in [0.15, 0.2) is 0 Å². The fourth-order valence-corrected chi connectivity index (χ4v) is 2.32. The second-order valence-corrected chi connectivity index (χ2v) is 5.71. The summed E-state index contributed by atoms with van der Waals surface area (Å²) in [5.74, 6) is -0.924. The van der Waals surface area contributed by atoms with Crippen LogP contribution in [0.25, 0.3) is 0 Å². The highest BCUT2D eigenvalue weighted by atomic mass is 16.5. The quantitative estimate of drug-likeness (QED) is 0.532. The molecule has 1 atom stereocenters. The van der Waals surface area contributed by atoms with Crippen LogP contribution in [0.3, 0.4) is 0 Å². The van der Waals surface area contributed by atoms with Crippen LogP contribution in [-0.4, -0.2) is 41.9 Å². The lowest BCUT2D eigenvalue weighted by atomic mass is 10.0. The molecule has 7 nitrogen and oxygen atoms in total. The first-order valence-electron chi connectivity index (χ1n) is 10.0. The third kappa shape index (κ3) is 9.82. The van der Waals surface area contributed by atoms with Crippen LogP contribution in [0.2, 0.25) is 0 Å². The zero-order valence-electron chi connectivity index (χ0n) is 18.3. The Balaban J connectivity index is 0.000000518. The van der Waals surface area contributed by atoms with Crippen LogP contribution in [0.5, 0.6) is 11.5 Å². The fourth-order valence-electron chi connectivity index (χ4n) is 2.32. The molecule has 7 heteroatoms. The molecule has 0 aromatic heterocycles. The van der Waals surface area contributed by atoms with Gasteiger partial charge in [-0.15, -0.1) is 0 Å². The van der Waals surface area contributed by atoms with Gasteiger partial charge < -0.3 is 25.0 Å². The minimum absolute atomic E-state index is 0.107. The highest BCUT2D eigenvalue weighted by molar-refractivity contribution is 5.76. The standard InChI is InChI=1S/C11H14O3.C10H13NO3.C2H6/c1-3-14-10-7-5-4-6-9(10)8(2)11(12)13;1-2-14-9-6-4-3-5-8(9)11-7-10(12)13;1-2/h4-8H,3H2,1-2H3,(H,12,13);3-6,11H,2,7H2,1H3,(H,12,13);1-2H3. The Morgan fingerprint density at radius 3 is 1.93 bits per heavy atom. The number of carboxylic acids is 2. The lowest BCUT2D eigenvalue weighted by Gasteiger charge is -2.12. The van der Waals surface area contributed by atoms with E-state index in [2.05, 4.69) is 5.32 Å². The van der Waals surface area contributed by atoms with Crippen molar-refractivity contribution in [2.45, 2.75) is 40.5 Å². The van der Waals surface area contributed by atoms with Crippen LogP contribution < -0.4 is 14.8 Å². The van der Waals surface area contributed by atoms with Crippen molar-refractivity contribution in [1.82, 2.24) is 0 Å². The summed E-state index contributed by atoms with van der Waals surface area (Å²) in [6.07, 6.45) is 0. The number of rotatable bonds is 9. The first kappa shape index (κ1) is 26.8. The Morgan fingerprint density at radius 2 is 1.40 bits per heavy atom. The van der Waals surface area contributed by atoms with E-state index in [1.54, 1.807) is 31.2 Å². The van der Waals surface area contributed by atoms with Crippen molar-refractivity contribution < 1.29 is 29.3 Å². The van der Waals surface area contributed by atoms with E-state index < -0.39 is 17.9 Å². The monoisotopic (exact) mass is 419 g/mol. The molecule has 30 heavy (non-hydrogen) atoms. The maximum atomic E-state index is 10.8. The van der Waals surface area contributed by atoms with Crippen molar-refractivity contribution >= 4 is 17.6 Å². The summed E-state index contributed by atoms with van der Waals surface area (Å²) >= 11 is 0. The molecular weight excluding hydrogens is 386 g/mol. The van der Waals surface area contributed by atoms with Gasteiger partial charge in [0, 0.05) is 5.56 Å². The summed E-state index contributed by atoms with van der Waals surface area (Å²) in [6, 6.07) is 14.5. The SMILES string of the molecule is CC.CCOc1ccccc1C(C)C(=O)O.CCOc1ccccc1NCC(=O)O. The molecule has 166 valence electrons. The molecule has 0 amide bonds. The molecule has 0 saturated carbocycles. The third-order valence-electron chi connectivity index (χ3n) is 3.67. The van der Waals surface area contributed by atoms with Crippen molar-refractivity contribution in [3.8, 4) is 11.5 Å². The first-order valence-corrected chi connectivity index (χ1v) is 10.0. The number of hydrogen-bond acceptors (Lipinski definition) is 5. The zero-order valence-corrected chi connectivity index (χ0v) is 18.3. The highest BCUT2D eigenvalue weighted by Gasteiger charge is 2.17. The van der Waals surface area contributed by atoms with Crippen LogP contribution in [0.1, 0.15) is 46.1 Å². The van der Waals surface area contributed by atoms with Gasteiger partial charge in [-0.25, -0.2) is 0 Å². The van der Waals surface area contributed by atoms with Gasteiger partial charge in [0.2, 0.25) is 0 Å². The average Bonchev–Trinajstić information content (AvgIpc) is 2.75. The van der Waals surface area contributed by atoms with Crippen molar-refractivity contribution in [3.05, 3.63) is 54.1 Å². The van der Waals surface area contributed by atoms with E-state index >= 15 is 0 Å². The summed E-state index contributed by atoms with van der Waals surface area (Å²) in [5.41, 5.74) is 1.43. The number of nitrogens with one attached hydrogen (secondary N) is 1. The van der Waals surface area contributed by atoms with E-state index in [0.717, 1.165) is 5.56 Å². The van der Waals surface area contributed by atoms with Gasteiger partial charge in [-0.1, -0.05) is 44.2 Å². The van der Waals surface area contributed by atoms with E-state index in [4.69, 9.17) is 19.7 Å². The maximum Gasteiger partial charge on any atom is 0.322 e. The number of anilines is 1. The Hall–Kier alpha value is -3.22. The van der Waals surface area contributed by atoms with E-state index in [0.29, 0.717) is 30.4 Å². The van der Waals surface area contributed by atoms with E-state index in [9.17, 15) is 9.59 Å². The van der Waals surface area contributed by atoms with Crippen LogP contribution in [0, 0.1) is 0 Å². The van der Waals surface area contributed by atoms with Crippen LogP contribution in [0.4, 0.5) is 5.69 Å². The van der Waals surface area contributed by atoms with Gasteiger partial charge in [-0.05, 0) is 39.0 Å². The van der Waals surface area contributed by atoms with Crippen molar-refractivity contribution in [1.29, 1.82) is 0 Å². The predicted octanol–water partition coefficient (Wildman–Crippen LogP) is 4.88. The molecule has 0 radical (unpaired) electrons. The van der Waals surface area contributed by atoms with Gasteiger partial charge in [0.05, 0.1) is 24.8 Å². The van der Waals surface area contributed by atoms with E-state index in [1.165, 1.54) is 0 Å². The number of ether oxygens (including phenoxy) is 2. The summed E-state index contributed by atoms with van der Waals surface area (Å²) in [5, 5.41) is 20.1. The maximum absolute atomic E-state index is 10.8. The molecule has 2 rings (SSSR count). The largest absolute Gasteiger partial charge is 0.494 e. The molecule has 0 bridgehead atoms. The molecule has 0 aliphatic heterocycles. The van der Waals surface area contributed by atoms with Crippen LogP contribution in [0.15, 0.2) is 48.5 Å². The Kier molecular flexibility index (Phi) is 14.0. The second kappa shape index (κ2) is 15.7. The summed E-state index contributed by atoms with van der Waals surface area (Å²) in [6.45, 7) is 10.4. The normalized spacial score (nSPS) is 10.3. The smallest absolute Gasteiger partial charge is 0.322 e. The summed E-state index contributed by atoms with van der Waals surface area (Å²) < 4.78 is 10.7. The van der Waals surface area contributed by atoms with E-state index in [1.807, 2.05) is 52.0 Å². The number of carbonyl (C=O) groups is 2. The highest BCUT2D eigenvalue weighted by Crippen LogP contribution is 2.26. The topological polar surface area (TPSA) is 105 Å². The summed E-state index contributed by atoms with van der Waals surface area (Å²) in [7, 11) is 0. The number of para-hydroxylation sites is 3. The Labute approximate surface area is 178 Å². The molecular formula is C23H33NO6. The number of hydrogen-bond donors (Lipinski definition) is 3. The van der Waals surface area contributed by atoms with Crippen molar-refractivity contribution in [3.63, 3.8) is 0 Å². The molecule has 1 unspecified atom stereocenters. The first-order chi connectivity index (χ1) is 14.4. The lowest BCUT2D eigenvalue weighted by Crippen LogP contribution is -2.13. The fraction of sp³-hybridized carbons (Fsp3) is 0.391. The molecule has 0 fully saturated rings. The zero-order chi connectivity index (χ0) is 22.9. The minimum Gasteiger partial charge on any atom is -0.494 e. The molecule has 0 spiro atoms. The van der Waals surface area contributed by atoms with Crippen molar-refractivity contribution in [2.24, 2.45) is 0 Å². The van der Waals surface area contributed by atoms with Gasteiger partial charge in [0.1, 0.15) is 18.0 Å². The number of carboxylic acid groups (broad SMARTS) is 2. The average molecular weight is 420 g/mol. The third-order valence-corrected chi connectivity index (χ3v) is 3.67. The minimum atomic E-state index is -0.892. The Morgan fingerprint density at radius 1 is 0.900 bits per heavy atom. The van der Waals surface area contributed by atoms with E-state index in [-0.39, 0.29) is 6.54 Å². The van der Waals surface area contributed by atoms with Gasteiger partial charge >= 0.3 is 11.9 Å². The van der Waals surface area contributed by atoms with Crippen LogP contribution in [-0.2, 0) is 9.59 Å². The molecule has 3 N–H and O–H groups in total. The molecule has 0 heterocycles. The molecule has 0 aliphatic rings. The molecule has 0 aliphatic carbocycles. The predicted molar refractivity (Wildman–Crippen MR) is 119 cm³/mol. The Bertz CT molecular complexity index is 763. The van der Waals surface area contributed by atoms with Gasteiger partial charge in [0.25, 0.3) is 0 Å². The van der Waals surface area contributed by atoms with Gasteiger partial charge in [-0.3, -0.25) is 9.59 Å². The second-order valence-electron chi connectivity index (χ2n) is 5.71. The van der Waals surface area contributed by atoms with Gasteiger partial charge in [-0.2, -0.15) is 0 Å². The number of aliphatic carboxylic acids is 2. The molecule has 2 aromatic carbocycles. The number of benzene rings is 2. The molecule has 2 aromatic rings. The molecule has 0 saturated heterocycles. The lowest BCUT2D eigenvalue weighted by molar-refractivity contribution is -0.138. The van der Waals surface area contributed by atoms with Crippen LogP contribution >= 0.6 is 0 Å². The summed E-state index contributed by atoms with van der Waals surface area (Å²) in [4.78, 5) is 21.1.